The van der Waals surface area contributed by atoms with Gasteiger partial charge in [-0.25, -0.2) is 0 Å². The summed E-state index contributed by atoms with van der Waals surface area (Å²) in [6.45, 7) is 7.92. The number of ether oxygens (including phenoxy) is 2. The third-order valence-electron chi connectivity index (χ3n) is 4.38. The Balaban J connectivity index is 2.31. The maximum Gasteiger partial charge on any atom is 0.325 e. The lowest BCUT2D eigenvalue weighted by Gasteiger charge is -2.35. The third-order valence-corrected chi connectivity index (χ3v) is 4.38. The monoisotopic (exact) mass is 286 g/mol. The van der Waals surface area contributed by atoms with Gasteiger partial charge in [-0.1, -0.05) is 6.92 Å². The van der Waals surface area contributed by atoms with Crippen molar-refractivity contribution < 1.29 is 14.3 Å². The number of carbonyl (C=O) groups is 1. The Hall–Kier alpha value is -0.650. The van der Waals surface area contributed by atoms with E-state index < -0.39 is 5.54 Å². The highest BCUT2D eigenvalue weighted by molar-refractivity contribution is 5.80. The molecule has 1 heterocycles. The Labute approximate surface area is 123 Å². The summed E-state index contributed by atoms with van der Waals surface area (Å²) in [6, 6.07) is 0.556. The molecule has 0 amide bonds. The second kappa shape index (κ2) is 8.60. The number of nitrogens with zero attached hydrogens (tertiary/aromatic N) is 1. The molecule has 0 aliphatic carbocycles. The highest BCUT2D eigenvalue weighted by Gasteiger charge is 2.31. The number of morpholine rings is 1. The van der Waals surface area contributed by atoms with E-state index in [2.05, 4.69) is 17.1 Å². The van der Waals surface area contributed by atoms with Gasteiger partial charge in [0.2, 0.25) is 0 Å². The minimum absolute atomic E-state index is 0.183. The second-order valence-corrected chi connectivity index (χ2v) is 5.70. The summed E-state index contributed by atoms with van der Waals surface area (Å²) in [7, 11) is 3.25. The van der Waals surface area contributed by atoms with Gasteiger partial charge < -0.3 is 14.8 Å². The van der Waals surface area contributed by atoms with E-state index in [0.29, 0.717) is 6.04 Å². The van der Waals surface area contributed by atoms with Crippen LogP contribution in [0.2, 0.25) is 0 Å². The van der Waals surface area contributed by atoms with Crippen LogP contribution < -0.4 is 5.32 Å². The summed E-state index contributed by atoms with van der Waals surface area (Å²) < 4.78 is 10.4. The second-order valence-electron chi connectivity index (χ2n) is 5.70. The van der Waals surface area contributed by atoms with Gasteiger partial charge >= 0.3 is 5.97 Å². The summed E-state index contributed by atoms with van der Waals surface area (Å²) in [5.74, 6) is -0.183. The highest BCUT2D eigenvalue weighted by Crippen LogP contribution is 2.17. The molecule has 5 nitrogen and oxygen atoms in total. The van der Waals surface area contributed by atoms with Crippen molar-refractivity contribution in [2.75, 3.05) is 40.5 Å². The van der Waals surface area contributed by atoms with Gasteiger partial charge in [0.05, 0.1) is 20.3 Å². The maximum absolute atomic E-state index is 11.7. The molecule has 0 aromatic carbocycles. The molecular weight excluding hydrogens is 256 g/mol. The van der Waals surface area contributed by atoms with Crippen LogP contribution in [0.3, 0.4) is 0 Å². The molecule has 1 saturated heterocycles. The van der Waals surface area contributed by atoms with Gasteiger partial charge in [-0.15, -0.1) is 0 Å². The number of nitrogens with one attached hydrogen (secondary N) is 1. The quantitative estimate of drug-likeness (QED) is 0.540. The molecule has 2 unspecified atom stereocenters. The highest BCUT2D eigenvalue weighted by atomic mass is 16.5. The molecule has 1 aliphatic rings. The summed E-state index contributed by atoms with van der Waals surface area (Å²) >= 11 is 0. The number of hydrogen-bond acceptors (Lipinski definition) is 5. The number of rotatable bonds is 8. The van der Waals surface area contributed by atoms with Crippen molar-refractivity contribution in [2.24, 2.45) is 0 Å². The lowest BCUT2D eigenvalue weighted by molar-refractivity contribution is -0.148. The van der Waals surface area contributed by atoms with E-state index in [0.717, 1.165) is 52.0 Å². The van der Waals surface area contributed by atoms with E-state index in [1.807, 2.05) is 14.0 Å². The van der Waals surface area contributed by atoms with Crippen LogP contribution in [0, 0.1) is 0 Å². The topological polar surface area (TPSA) is 50.8 Å². The number of methoxy groups -OCH3 is 1. The van der Waals surface area contributed by atoms with Gasteiger partial charge in [-0.2, -0.15) is 0 Å². The zero-order valence-corrected chi connectivity index (χ0v) is 13.4. The van der Waals surface area contributed by atoms with Crippen LogP contribution in [0.1, 0.15) is 39.5 Å². The summed E-state index contributed by atoms with van der Waals surface area (Å²) in [5.41, 5.74) is -0.566. The minimum atomic E-state index is -0.566. The zero-order chi connectivity index (χ0) is 15.0. The van der Waals surface area contributed by atoms with Crippen LogP contribution in [0.15, 0.2) is 0 Å². The first-order valence-electron chi connectivity index (χ1n) is 7.66. The molecule has 0 spiro atoms. The van der Waals surface area contributed by atoms with Crippen molar-refractivity contribution in [3.05, 3.63) is 0 Å². The maximum atomic E-state index is 11.7. The first-order valence-corrected chi connectivity index (χ1v) is 7.66. The Morgan fingerprint density at radius 2 is 2.25 bits per heavy atom. The number of esters is 1. The molecule has 2 atom stereocenters. The molecule has 0 aromatic heterocycles. The molecule has 1 N–H and O–H groups in total. The van der Waals surface area contributed by atoms with E-state index in [-0.39, 0.29) is 5.97 Å². The Bertz CT molecular complexity index is 299. The SMILES string of the molecule is CCC1COCCN1CCCCC(C)(NC)C(=O)OC. The van der Waals surface area contributed by atoms with Crippen LogP contribution >= 0.6 is 0 Å². The lowest BCUT2D eigenvalue weighted by atomic mass is 9.95. The number of carbonyl (C=O) groups excluding carboxylic acids is 1. The predicted molar refractivity (Wildman–Crippen MR) is 79.8 cm³/mol. The summed E-state index contributed by atoms with van der Waals surface area (Å²) in [6.07, 6.45) is 4.05. The van der Waals surface area contributed by atoms with Gasteiger partial charge in [0.15, 0.2) is 0 Å². The van der Waals surface area contributed by atoms with Crippen molar-refractivity contribution >= 4 is 5.97 Å². The van der Waals surface area contributed by atoms with E-state index in [1.54, 1.807) is 0 Å². The minimum Gasteiger partial charge on any atom is -0.468 e. The van der Waals surface area contributed by atoms with Crippen LogP contribution in [0.4, 0.5) is 0 Å². The van der Waals surface area contributed by atoms with E-state index in [1.165, 1.54) is 7.11 Å². The van der Waals surface area contributed by atoms with Crippen molar-refractivity contribution in [2.45, 2.75) is 51.1 Å². The fraction of sp³-hybridized carbons (Fsp3) is 0.933. The fourth-order valence-corrected chi connectivity index (χ4v) is 2.71. The van der Waals surface area contributed by atoms with Crippen molar-refractivity contribution in [3.8, 4) is 0 Å². The van der Waals surface area contributed by atoms with E-state index in [4.69, 9.17) is 9.47 Å². The molecule has 118 valence electrons. The molecule has 0 saturated carbocycles. The lowest BCUT2D eigenvalue weighted by Crippen LogP contribution is -2.48. The molecule has 0 radical (unpaired) electrons. The van der Waals surface area contributed by atoms with Crippen LogP contribution in [-0.4, -0.2) is 62.9 Å². The number of likely N-dealkylation sites (N-methyl/N-ethyl adjacent to an activating group) is 1. The van der Waals surface area contributed by atoms with E-state index >= 15 is 0 Å². The first kappa shape index (κ1) is 17.4. The van der Waals surface area contributed by atoms with Gasteiger partial charge in [-0.3, -0.25) is 9.69 Å². The summed E-state index contributed by atoms with van der Waals surface area (Å²) in [5, 5.41) is 3.08. The molecule has 1 aliphatic heterocycles. The normalized spacial score (nSPS) is 23.3. The van der Waals surface area contributed by atoms with Crippen LogP contribution in [0.25, 0.3) is 0 Å². The number of unbranched alkanes of at least 4 members (excludes halogenated alkanes) is 1. The smallest absolute Gasteiger partial charge is 0.325 e. The average Bonchev–Trinajstić information content (AvgIpc) is 2.50. The summed E-state index contributed by atoms with van der Waals surface area (Å²) in [4.78, 5) is 14.3. The Morgan fingerprint density at radius 3 is 2.85 bits per heavy atom. The zero-order valence-electron chi connectivity index (χ0n) is 13.4. The Morgan fingerprint density at radius 1 is 1.50 bits per heavy atom. The van der Waals surface area contributed by atoms with Gasteiger partial charge in [-0.05, 0) is 46.2 Å². The molecule has 0 aromatic rings. The molecular formula is C15H30N2O3. The molecule has 1 fully saturated rings. The fourth-order valence-electron chi connectivity index (χ4n) is 2.71. The number of hydrogen-bond donors (Lipinski definition) is 1. The van der Waals surface area contributed by atoms with Crippen LogP contribution in [-0.2, 0) is 14.3 Å². The van der Waals surface area contributed by atoms with E-state index in [9.17, 15) is 4.79 Å². The molecule has 1 rings (SSSR count). The van der Waals surface area contributed by atoms with Crippen molar-refractivity contribution in [1.29, 1.82) is 0 Å². The predicted octanol–water partition coefficient (Wildman–Crippen LogP) is 1.42. The Kier molecular flexibility index (Phi) is 7.48. The van der Waals surface area contributed by atoms with Crippen molar-refractivity contribution in [3.63, 3.8) is 0 Å². The van der Waals surface area contributed by atoms with Gasteiger partial charge in [0.25, 0.3) is 0 Å². The van der Waals surface area contributed by atoms with Gasteiger partial charge in [0, 0.05) is 12.6 Å². The largest absolute Gasteiger partial charge is 0.468 e. The molecule has 20 heavy (non-hydrogen) atoms. The standard InChI is InChI=1S/C15H30N2O3/c1-5-13-12-20-11-10-17(13)9-7-6-8-15(2,16-3)14(18)19-4/h13,16H,5-12H2,1-4H3. The molecule has 0 bridgehead atoms. The van der Waals surface area contributed by atoms with Crippen LogP contribution in [0.5, 0.6) is 0 Å². The van der Waals surface area contributed by atoms with Crippen molar-refractivity contribution in [1.82, 2.24) is 10.2 Å². The average molecular weight is 286 g/mol. The molecule has 5 heteroatoms. The van der Waals surface area contributed by atoms with Gasteiger partial charge in [0.1, 0.15) is 5.54 Å². The third kappa shape index (κ3) is 4.72. The first-order chi connectivity index (χ1) is 9.57.